The molecule has 0 saturated carbocycles. The van der Waals surface area contributed by atoms with Crippen LogP contribution in [0.1, 0.15) is 23.2 Å². The van der Waals surface area contributed by atoms with Gasteiger partial charge in [0.05, 0.1) is 12.1 Å². The Morgan fingerprint density at radius 3 is 2.10 bits per heavy atom. The number of fused-ring (bicyclic) bond motifs is 1. The van der Waals surface area contributed by atoms with Gasteiger partial charge in [0, 0.05) is 21.1 Å². The van der Waals surface area contributed by atoms with E-state index in [2.05, 4.69) is 38.9 Å². The van der Waals surface area contributed by atoms with E-state index < -0.39 is 0 Å². The van der Waals surface area contributed by atoms with E-state index >= 15 is 0 Å². The molecule has 2 saturated heterocycles. The van der Waals surface area contributed by atoms with Gasteiger partial charge in [0.1, 0.15) is 11.8 Å². The molecule has 2 heterocycles. The number of anilines is 1. The Balaban J connectivity index is 1.62. The first-order valence-corrected chi connectivity index (χ1v) is 10.8. The van der Waals surface area contributed by atoms with Crippen LogP contribution in [0.3, 0.4) is 0 Å². The van der Waals surface area contributed by atoms with Crippen LogP contribution in [0, 0.1) is 5.92 Å². The van der Waals surface area contributed by atoms with Crippen LogP contribution in [-0.4, -0.2) is 17.1 Å². The van der Waals surface area contributed by atoms with Gasteiger partial charge in [-0.05, 0) is 59.7 Å². The molecule has 3 aromatic carbocycles. The molecule has 7 heteroatoms. The molecular weight excluding hydrogens is 466 g/mol. The summed E-state index contributed by atoms with van der Waals surface area (Å²) < 4.78 is 1.01. The first-order valence-electron chi connectivity index (χ1n) is 9.67. The summed E-state index contributed by atoms with van der Waals surface area (Å²) in [7, 11) is 0. The summed E-state index contributed by atoms with van der Waals surface area (Å²) in [6, 6.07) is 21.9. The molecule has 1 amide bonds. The fourth-order valence-electron chi connectivity index (χ4n) is 4.52. The van der Waals surface area contributed by atoms with Crippen molar-refractivity contribution < 1.29 is 9.90 Å². The highest BCUT2D eigenvalue weighted by Crippen LogP contribution is 2.49. The molecule has 0 aliphatic carbocycles. The predicted octanol–water partition coefficient (Wildman–Crippen LogP) is 4.73. The second kappa shape index (κ2) is 7.71. The standard InChI is InChI=1S/C23H19BrClN3O2/c24-15-5-1-13(2-6-15)20-19-21(27-26-20)23(30)28(17-9-7-16(25)8-10-17)22(19)14-3-11-18(29)12-4-14/h1-12,19-22,26-27,29H. The minimum Gasteiger partial charge on any atom is -0.508 e. The van der Waals surface area contributed by atoms with Gasteiger partial charge in [0.25, 0.3) is 0 Å². The molecule has 2 aliphatic heterocycles. The average molecular weight is 485 g/mol. The minimum atomic E-state index is -0.367. The Labute approximate surface area is 187 Å². The van der Waals surface area contributed by atoms with E-state index in [4.69, 9.17) is 11.6 Å². The van der Waals surface area contributed by atoms with Crippen molar-refractivity contribution in [2.24, 2.45) is 5.92 Å². The first kappa shape index (κ1) is 19.6. The fourth-order valence-corrected chi connectivity index (χ4v) is 4.91. The van der Waals surface area contributed by atoms with Gasteiger partial charge in [-0.25, -0.2) is 10.9 Å². The molecule has 4 unspecified atom stereocenters. The molecule has 0 bridgehead atoms. The number of amides is 1. The summed E-state index contributed by atoms with van der Waals surface area (Å²) in [5, 5.41) is 10.4. The average Bonchev–Trinajstić information content (AvgIpc) is 3.29. The quantitative estimate of drug-likeness (QED) is 0.503. The fraction of sp³-hybridized carbons (Fsp3) is 0.174. The number of phenols is 1. The molecule has 5 rings (SSSR count). The van der Waals surface area contributed by atoms with Crippen LogP contribution in [0.2, 0.25) is 5.02 Å². The first-order chi connectivity index (χ1) is 14.5. The normalized spacial score (nSPS) is 25.5. The highest BCUT2D eigenvalue weighted by Gasteiger charge is 2.55. The predicted molar refractivity (Wildman–Crippen MR) is 120 cm³/mol. The van der Waals surface area contributed by atoms with Crippen LogP contribution in [0.25, 0.3) is 0 Å². The lowest BCUT2D eigenvalue weighted by molar-refractivity contribution is -0.119. The molecule has 30 heavy (non-hydrogen) atoms. The van der Waals surface area contributed by atoms with Crippen molar-refractivity contribution >= 4 is 39.1 Å². The molecule has 3 aromatic rings. The van der Waals surface area contributed by atoms with Crippen molar-refractivity contribution in [2.45, 2.75) is 18.1 Å². The molecule has 2 aliphatic rings. The van der Waals surface area contributed by atoms with E-state index in [-0.39, 0.29) is 35.7 Å². The Morgan fingerprint density at radius 2 is 1.43 bits per heavy atom. The SMILES string of the molecule is O=C1C2NNC(c3ccc(Br)cc3)C2C(c2ccc(O)cc2)N1c1ccc(Cl)cc1. The number of rotatable bonds is 3. The van der Waals surface area contributed by atoms with Gasteiger partial charge in [-0.1, -0.05) is 51.8 Å². The molecule has 0 radical (unpaired) electrons. The Kier molecular flexibility index (Phi) is 5.03. The van der Waals surface area contributed by atoms with Crippen molar-refractivity contribution in [3.05, 3.63) is 93.4 Å². The second-order valence-corrected chi connectivity index (χ2v) is 8.95. The number of nitrogens with one attached hydrogen (secondary N) is 2. The van der Waals surface area contributed by atoms with Crippen molar-refractivity contribution in [2.75, 3.05) is 4.90 Å². The zero-order valence-corrected chi connectivity index (χ0v) is 18.1. The third kappa shape index (κ3) is 3.30. The Bertz CT molecular complexity index is 1070. The largest absolute Gasteiger partial charge is 0.508 e. The van der Waals surface area contributed by atoms with E-state index in [9.17, 15) is 9.90 Å². The molecular formula is C23H19BrClN3O2. The molecule has 152 valence electrons. The number of nitrogens with zero attached hydrogens (tertiary/aromatic N) is 1. The van der Waals surface area contributed by atoms with Gasteiger partial charge < -0.3 is 10.0 Å². The molecule has 0 aromatic heterocycles. The summed E-state index contributed by atoms with van der Waals surface area (Å²) in [5.41, 5.74) is 9.43. The minimum absolute atomic E-state index is 0.00695. The molecule has 4 atom stereocenters. The molecule has 3 N–H and O–H groups in total. The summed E-state index contributed by atoms with van der Waals surface area (Å²) >= 11 is 9.57. The van der Waals surface area contributed by atoms with E-state index in [0.717, 1.165) is 21.3 Å². The lowest BCUT2D eigenvalue weighted by Gasteiger charge is -2.31. The number of halogens is 2. The maximum absolute atomic E-state index is 13.5. The summed E-state index contributed by atoms with van der Waals surface area (Å²) in [6.45, 7) is 0. The van der Waals surface area contributed by atoms with Gasteiger partial charge >= 0.3 is 0 Å². The summed E-state index contributed by atoms with van der Waals surface area (Å²) in [4.78, 5) is 15.3. The Morgan fingerprint density at radius 1 is 0.833 bits per heavy atom. The second-order valence-electron chi connectivity index (χ2n) is 7.59. The summed E-state index contributed by atoms with van der Waals surface area (Å²) in [5.74, 6) is 0.163. The van der Waals surface area contributed by atoms with E-state index in [1.54, 1.807) is 24.3 Å². The maximum Gasteiger partial charge on any atom is 0.246 e. The van der Waals surface area contributed by atoms with Crippen LogP contribution in [-0.2, 0) is 4.79 Å². The number of carbonyl (C=O) groups excluding carboxylic acids is 1. The number of aromatic hydroxyl groups is 1. The van der Waals surface area contributed by atoms with Crippen molar-refractivity contribution in [1.82, 2.24) is 10.9 Å². The summed E-state index contributed by atoms with van der Waals surface area (Å²) in [6.07, 6.45) is 0. The van der Waals surface area contributed by atoms with Crippen molar-refractivity contribution in [3.8, 4) is 5.75 Å². The van der Waals surface area contributed by atoms with E-state index in [1.807, 2.05) is 41.3 Å². The number of benzene rings is 3. The van der Waals surface area contributed by atoms with Crippen LogP contribution in [0.15, 0.2) is 77.3 Å². The Hall–Kier alpha value is -2.38. The maximum atomic E-state index is 13.5. The van der Waals surface area contributed by atoms with Crippen LogP contribution < -0.4 is 15.8 Å². The van der Waals surface area contributed by atoms with E-state index in [0.29, 0.717) is 5.02 Å². The van der Waals surface area contributed by atoms with Gasteiger partial charge in [0.15, 0.2) is 0 Å². The molecule has 5 nitrogen and oxygen atoms in total. The van der Waals surface area contributed by atoms with Crippen molar-refractivity contribution in [3.63, 3.8) is 0 Å². The zero-order valence-electron chi connectivity index (χ0n) is 15.8. The van der Waals surface area contributed by atoms with E-state index in [1.165, 1.54) is 0 Å². The van der Waals surface area contributed by atoms with Gasteiger partial charge in [0.2, 0.25) is 5.91 Å². The number of hydrogen-bond donors (Lipinski definition) is 3. The van der Waals surface area contributed by atoms with Gasteiger partial charge in [-0.3, -0.25) is 4.79 Å². The highest BCUT2D eigenvalue weighted by atomic mass is 79.9. The topological polar surface area (TPSA) is 64.6 Å². The third-order valence-electron chi connectivity index (χ3n) is 5.88. The van der Waals surface area contributed by atoms with Gasteiger partial charge in [-0.2, -0.15) is 0 Å². The lowest BCUT2D eigenvalue weighted by atomic mass is 9.83. The number of carbonyl (C=O) groups is 1. The van der Waals surface area contributed by atoms with Crippen LogP contribution in [0.5, 0.6) is 5.75 Å². The van der Waals surface area contributed by atoms with Gasteiger partial charge in [-0.15, -0.1) is 0 Å². The lowest BCUT2D eigenvalue weighted by Crippen LogP contribution is -2.41. The number of hydrogen-bond acceptors (Lipinski definition) is 4. The number of phenolic OH excluding ortho intramolecular Hbond substituents is 1. The smallest absolute Gasteiger partial charge is 0.246 e. The third-order valence-corrected chi connectivity index (χ3v) is 6.66. The monoisotopic (exact) mass is 483 g/mol. The molecule has 0 spiro atoms. The van der Waals surface area contributed by atoms with Crippen LogP contribution in [0.4, 0.5) is 5.69 Å². The van der Waals surface area contributed by atoms with Crippen molar-refractivity contribution in [1.29, 1.82) is 0 Å². The molecule has 2 fully saturated rings. The number of hydrazine groups is 1. The highest BCUT2D eigenvalue weighted by molar-refractivity contribution is 9.10. The zero-order chi connectivity index (χ0) is 20.8. The van der Waals surface area contributed by atoms with Crippen LogP contribution >= 0.6 is 27.5 Å².